The zero-order chi connectivity index (χ0) is 17.1. The Morgan fingerprint density at radius 1 is 1.08 bits per heavy atom. The van der Waals surface area contributed by atoms with E-state index in [0.29, 0.717) is 43.1 Å². The van der Waals surface area contributed by atoms with Crippen LogP contribution in [-0.2, 0) is 9.59 Å². The van der Waals surface area contributed by atoms with Gasteiger partial charge in [-0.25, -0.2) is 0 Å². The fourth-order valence-corrected chi connectivity index (χ4v) is 3.94. The smallest absolute Gasteiger partial charge is 0.232 e. The molecule has 1 aliphatic carbocycles. The van der Waals surface area contributed by atoms with Crippen LogP contribution in [-0.4, -0.2) is 58.8 Å². The van der Waals surface area contributed by atoms with E-state index in [1.165, 1.54) is 5.56 Å². The third-order valence-corrected chi connectivity index (χ3v) is 5.90. The Hall–Kier alpha value is -1.49. The first-order chi connectivity index (χ1) is 11.6. The van der Waals surface area contributed by atoms with Gasteiger partial charge in [0.1, 0.15) is 0 Å². The van der Waals surface area contributed by atoms with Crippen molar-refractivity contribution in [3.05, 3.63) is 35.9 Å². The highest BCUT2D eigenvalue weighted by atomic mass is 32.2. The van der Waals surface area contributed by atoms with Crippen molar-refractivity contribution in [2.45, 2.75) is 31.4 Å². The Labute approximate surface area is 148 Å². The van der Waals surface area contributed by atoms with Crippen molar-refractivity contribution in [1.82, 2.24) is 9.80 Å². The van der Waals surface area contributed by atoms with E-state index < -0.39 is 0 Å². The van der Waals surface area contributed by atoms with Crippen LogP contribution in [0.2, 0.25) is 0 Å². The second kappa shape index (κ2) is 7.60. The van der Waals surface area contributed by atoms with Gasteiger partial charge in [-0.15, -0.1) is 11.8 Å². The molecule has 2 atom stereocenters. The lowest BCUT2D eigenvalue weighted by molar-refractivity contribution is -0.139. The summed E-state index contributed by atoms with van der Waals surface area (Å²) in [5.41, 5.74) is 1.27. The molecule has 2 amide bonds. The van der Waals surface area contributed by atoms with Crippen LogP contribution in [0.25, 0.3) is 0 Å². The summed E-state index contributed by atoms with van der Waals surface area (Å²) in [7, 11) is 0. The third-order valence-electron chi connectivity index (χ3n) is 4.82. The molecule has 5 heteroatoms. The number of hydrogen-bond donors (Lipinski definition) is 0. The lowest BCUT2D eigenvalue weighted by atomic mass is 10.1. The quantitative estimate of drug-likeness (QED) is 0.823. The van der Waals surface area contributed by atoms with Crippen LogP contribution >= 0.6 is 11.8 Å². The van der Waals surface area contributed by atoms with E-state index in [1.54, 1.807) is 11.8 Å². The summed E-state index contributed by atoms with van der Waals surface area (Å²) in [4.78, 5) is 28.7. The molecule has 1 saturated heterocycles. The van der Waals surface area contributed by atoms with Crippen molar-refractivity contribution in [2.75, 3.05) is 31.9 Å². The average Bonchev–Trinajstić information content (AvgIpc) is 3.40. The van der Waals surface area contributed by atoms with E-state index in [1.807, 2.05) is 28.0 Å². The van der Waals surface area contributed by atoms with Gasteiger partial charge < -0.3 is 9.80 Å². The molecule has 1 heterocycles. The van der Waals surface area contributed by atoms with E-state index in [0.717, 1.165) is 6.42 Å². The normalized spacial score (nSPS) is 23.5. The minimum Gasteiger partial charge on any atom is -0.339 e. The highest BCUT2D eigenvalue weighted by molar-refractivity contribution is 8.00. The van der Waals surface area contributed by atoms with Crippen molar-refractivity contribution < 1.29 is 9.59 Å². The predicted molar refractivity (Wildman–Crippen MR) is 98.0 cm³/mol. The van der Waals surface area contributed by atoms with Crippen molar-refractivity contribution in [3.63, 3.8) is 0 Å². The largest absolute Gasteiger partial charge is 0.339 e. The molecule has 1 aliphatic heterocycles. The maximum Gasteiger partial charge on any atom is 0.232 e. The summed E-state index contributed by atoms with van der Waals surface area (Å²) in [6.45, 7) is 6.91. The summed E-state index contributed by atoms with van der Waals surface area (Å²) in [6.07, 6.45) is 0.965. The molecule has 1 aromatic rings. The Bertz CT molecular complexity index is 582. The number of thioether (sulfide) groups is 1. The van der Waals surface area contributed by atoms with Crippen LogP contribution in [0.4, 0.5) is 0 Å². The fourth-order valence-electron chi connectivity index (χ4n) is 3.28. The monoisotopic (exact) mass is 346 g/mol. The van der Waals surface area contributed by atoms with Gasteiger partial charge in [0.05, 0.1) is 5.75 Å². The van der Waals surface area contributed by atoms with Gasteiger partial charge in [-0.2, -0.15) is 0 Å². The first-order valence-electron chi connectivity index (χ1n) is 8.79. The van der Waals surface area contributed by atoms with Gasteiger partial charge in [0.25, 0.3) is 0 Å². The Morgan fingerprint density at radius 3 is 2.33 bits per heavy atom. The van der Waals surface area contributed by atoms with Crippen LogP contribution < -0.4 is 0 Å². The Morgan fingerprint density at radius 2 is 1.71 bits per heavy atom. The van der Waals surface area contributed by atoms with E-state index in [2.05, 4.69) is 26.0 Å². The molecule has 2 aliphatic rings. The Balaban J connectivity index is 1.45. The maximum absolute atomic E-state index is 12.7. The van der Waals surface area contributed by atoms with E-state index >= 15 is 0 Å². The highest BCUT2D eigenvalue weighted by Crippen LogP contribution is 2.48. The standard InChI is InChI=1S/C19H26N2O2S/c1-14(2)24-13-18(22)20-8-10-21(11-9-20)19(23)17-12-16(17)15-6-4-3-5-7-15/h3-7,14,16-17H,8-13H2,1-2H3/t16-,17+/m0/s1. The molecule has 0 unspecified atom stereocenters. The summed E-state index contributed by atoms with van der Waals surface area (Å²) in [6, 6.07) is 10.3. The number of hydrogen-bond acceptors (Lipinski definition) is 3. The van der Waals surface area contributed by atoms with Crippen LogP contribution in [0.15, 0.2) is 30.3 Å². The van der Waals surface area contributed by atoms with Gasteiger partial charge in [0.2, 0.25) is 11.8 Å². The van der Waals surface area contributed by atoms with Gasteiger partial charge >= 0.3 is 0 Å². The minimum atomic E-state index is 0.145. The van der Waals surface area contributed by atoms with Crippen molar-refractivity contribution in [1.29, 1.82) is 0 Å². The van der Waals surface area contributed by atoms with Gasteiger partial charge in [-0.1, -0.05) is 44.2 Å². The van der Waals surface area contributed by atoms with E-state index in [4.69, 9.17) is 0 Å². The van der Waals surface area contributed by atoms with Crippen LogP contribution in [0.5, 0.6) is 0 Å². The number of rotatable bonds is 5. The van der Waals surface area contributed by atoms with Crippen molar-refractivity contribution >= 4 is 23.6 Å². The molecule has 3 rings (SSSR count). The minimum absolute atomic E-state index is 0.145. The van der Waals surface area contributed by atoms with Crippen LogP contribution in [0, 0.1) is 5.92 Å². The summed E-state index contributed by atoms with van der Waals surface area (Å²) in [5, 5.41) is 0.474. The molecule has 0 radical (unpaired) electrons. The number of piperazine rings is 1. The van der Waals surface area contributed by atoms with Crippen LogP contribution in [0.3, 0.4) is 0 Å². The number of amides is 2. The third kappa shape index (κ3) is 4.12. The number of carbonyl (C=O) groups excluding carboxylic acids is 2. The highest BCUT2D eigenvalue weighted by Gasteiger charge is 2.46. The summed E-state index contributed by atoms with van der Waals surface area (Å²) >= 11 is 1.68. The molecular weight excluding hydrogens is 320 g/mol. The summed E-state index contributed by atoms with van der Waals surface area (Å²) in [5.74, 6) is 1.55. The molecule has 1 saturated carbocycles. The van der Waals surface area contributed by atoms with Gasteiger partial charge in [-0.3, -0.25) is 9.59 Å². The average molecular weight is 346 g/mol. The number of benzene rings is 1. The molecule has 1 aromatic carbocycles. The van der Waals surface area contributed by atoms with Gasteiger partial charge in [0, 0.05) is 32.1 Å². The summed E-state index contributed by atoms with van der Waals surface area (Å²) < 4.78 is 0. The number of carbonyl (C=O) groups is 2. The Kier molecular flexibility index (Phi) is 5.49. The topological polar surface area (TPSA) is 40.6 Å². The lowest BCUT2D eigenvalue weighted by Gasteiger charge is -2.35. The maximum atomic E-state index is 12.7. The first kappa shape index (κ1) is 17.3. The molecular formula is C19H26N2O2S. The lowest BCUT2D eigenvalue weighted by Crippen LogP contribution is -2.51. The second-order valence-electron chi connectivity index (χ2n) is 6.93. The molecule has 0 N–H and O–H groups in total. The molecule has 24 heavy (non-hydrogen) atoms. The zero-order valence-electron chi connectivity index (χ0n) is 14.5. The predicted octanol–water partition coefficient (Wildman–Crippen LogP) is 2.60. The van der Waals surface area contributed by atoms with Gasteiger partial charge in [0.15, 0.2) is 0 Å². The zero-order valence-corrected chi connectivity index (χ0v) is 15.3. The van der Waals surface area contributed by atoms with Gasteiger partial charge in [-0.05, 0) is 23.2 Å². The molecule has 0 spiro atoms. The SMILES string of the molecule is CC(C)SCC(=O)N1CCN(C(=O)[C@@H]2C[C@H]2c2ccccc2)CC1. The van der Waals surface area contributed by atoms with Crippen molar-refractivity contribution in [3.8, 4) is 0 Å². The molecule has 4 nitrogen and oxygen atoms in total. The number of nitrogens with zero attached hydrogens (tertiary/aromatic N) is 2. The molecule has 130 valence electrons. The molecule has 0 aromatic heterocycles. The first-order valence-corrected chi connectivity index (χ1v) is 9.84. The molecule has 0 bridgehead atoms. The van der Waals surface area contributed by atoms with Crippen LogP contribution in [0.1, 0.15) is 31.7 Å². The second-order valence-corrected chi connectivity index (χ2v) is 8.49. The van der Waals surface area contributed by atoms with E-state index in [-0.39, 0.29) is 17.7 Å². The fraction of sp³-hybridized carbons (Fsp3) is 0.579. The molecule has 2 fully saturated rings. The van der Waals surface area contributed by atoms with Crippen molar-refractivity contribution in [2.24, 2.45) is 5.92 Å². The van der Waals surface area contributed by atoms with E-state index in [9.17, 15) is 9.59 Å².